The van der Waals surface area contributed by atoms with Crippen molar-refractivity contribution in [2.24, 2.45) is 0 Å². The van der Waals surface area contributed by atoms with Gasteiger partial charge in [0.25, 0.3) is 0 Å². The van der Waals surface area contributed by atoms with Crippen molar-refractivity contribution < 1.29 is 13.7 Å². The smallest absolute Gasteiger partial charge is 0.227 e. The lowest BCUT2D eigenvalue weighted by atomic mass is 10.0. The van der Waals surface area contributed by atoms with Crippen molar-refractivity contribution >= 4 is 5.91 Å². The van der Waals surface area contributed by atoms with Crippen molar-refractivity contribution in [2.45, 2.75) is 46.1 Å². The van der Waals surface area contributed by atoms with E-state index in [1.807, 2.05) is 25.1 Å². The van der Waals surface area contributed by atoms with Crippen molar-refractivity contribution in [1.29, 1.82) is 0 Å². The van der Waals surface area contributed by atoms with E-state index in [1.165, 1.54) is 17.7 Å². The third-order valence-corrected chi connectivity index (χ3v) is 4.85. The second-order valence-corrected chi connectivity index (χ2v) is 7.33. The Labute approximate surface area is 170 Å². The molecule has 29 heavy (non-hydrogen) atoms. The topological polar surface area (TPSA) is 59.2 Å². The summed E-state index contributed by atoms with van der Waals surface area (Å²) in [7, 11) is 0. The maximum absolute atomic E-state index is 13.4. The lowest BCUT2D eigenvalue weighted by Gasteiger charge is -2.20. The molecule has 0 saturated heterocycles. The number of carbonyl (C=O) groups excluding carboxylic acids is 1. The molecule has 0 aliphatic rings. The van der Waals surface area contributed by atoms with Crippen LogP contribution < -0.4 is 0 Å². The first-order valence-corrected chi connectivity index (χ1v) is 9.91. The van der Waals surface area contributed by atoms with Gasteiger partial charge in [-0.2, -0.15) is 4.98 Å². The number of halogens is 1. The van der Waals surface area contributed by atoms with Crippen molar-refractivity contribution in [3.63, 3.8) is 0 Å². The minimum atomic E-state index is -0.300. The van der Waals surface area contributed by atoms with Gasteiger partial charge in [0, 0.05) is 31.5 Å². The Bertz CT molecular complexity index is 951. The maximum atomic E-state index is 13.4. The molecule has 0 N–H and O–H groups in total. The molecule has 3 aromatic rings. The van der Waals surface area contributed by atoms with Gasteiger partial charge in [-0.15, -0.1) is 0 Å². The summed E-state index contributed by atoms with van der Waals surface area (Å²) in [6.45, 7) is 7.12. The van der Waals surface area contributed by atoms with Crippen LogP contribution in [0.4, 0.5) is 4.39 Å². The van der Waals surface area contributed by atoms with E-state index in [1.54, 1.807) is 11.0 Å². The summed E-state index contributed by atoms with van der Waals surface area (Å²) in [5.74, 6) is 1.09. The number of carbonyl (C=O) groups is 1. The van der Waals surface area contributed by atoms with Crippen LogP contribution in [-0.4, -0.2) is 27.5 Å². The molecule has 0 atom stereocenters. The molecule has 1 aromatic heterocycles. The van der Waals surface area contributed by atoms with Gasteiger partial charge in [0.2, 0.25) is 17.6 Å². The fourth-order valence-corrected chi connectivity index (χ4v) is 3.09. The van der Waals surface area contributed by atoms with Crippen molar-refractivity contribution in [2.75, 3.05) is 6.54 Å². The van der Waals surface area contributed by atoms with Crippen LogP contribution in [0.15, 0.2) is 53.1 Å². The van der Waals surface area contributed by atoms with Crippen LogP contribution in [0.2, 0.25) is 0 Å². The molecule has 0 radical (unpaired) electrons. The summed E-state index contributed by atoms with van der Waals surface area (Å²) >= 11 is 0. The fraction of sp³-hybridized carbons (Fsp3) is 0.348. The Morgan fingerprint density at radius 1 is 1.17 bits per heavy atom. The molecular weight excluding hydrogens is 369 g/mol. The normalized spacial score (nSPS) is 11.1. The van der Waals surface area contributed by atoms with Gasteiger partial charge >= 0.3 is 0 Å². The number of hydrogen-bond acceptors (Lipinski definition) is 4. The molecule has 1 heterocycles. The van der Waals surface area contributed by atoms with Crippen LogP contribution in [0.25, 0.3) is 11.4 Å². The Morgan fingerprint density at radius 3 is 2.59 bits per heavy atom. The predicted molar refractivity (Wildman–Crippen MR) is 110 cm³/mol. The van der Waals surface area contributed by atoms with Crippen LogP contribution in [0.5, 0.6) is 0 Å². The van der Waals surface area contributed by atoms with E-state index < -0.39 is 0 Å². The highest BCUT2D eigenvalue weighted by atomic mass is 19.1. The van der Waals surface area contributed by atoms with Gasteiger partial charge in [0.1, 0.15) is 5.82 Å². The molecule has 0 saturated carbocycles. The molecule has 6 heteroatoms. The minimum Gasteiger partial charge on any atom is -0.339 e. The average molecular weight is 395 g/mol. The SMILES string of the molecule is CCN(Cc1cccc(F)c1)C(=O)CCc1nc(-c2ccc(C(C)C)cc2)no1. The van der Waals surface area contributed by atoms with Gasteiger partial charge in [-0.05, 0) is 36.1 Å². The van der Waals surface area contributed by atoms with Gasteiger partial charge in [0.05, 0.1) is 0 Å². The summed E-state index contributed by atoms with van der Waals surface area (Å²) in [4.78, 5) is 18.7. The Kier molecular flexibility index (Phi) is 6.75. The standard InChI is InChI=1S/C23H26FN3O2/c1-4-27(15-17-6-5-7-20(24)14-17)22(28)13-12-21-25-23(26-29-21)19-10-8-18(9-11-19)16(2)3/h5-11,14,16H,4,12-13,15H2,1-3H3. The zero-order chi connectivity index (χ0) is 20.8. The molecule has 1 amide bonds. The van der Waals surface area contributed by atoms with Crippen LogP contribution in [0, 0.1) is 5.82 Å². The van der Waals surface area contributed by atoms with Crippen molar-refractivity contribution in [3.05, 3.63) is 71.4 Å². The molecule has 152 valence electrons. The Morgan fingerprint density at radius 2 is 1.93 bits per heavy atom. The average Bonchev–Trinajstić information content (AvgIpc) is 3.19. The van der Waals surface area contributed by atoms with Gasteiger partial charge in [-0.1, -0.05) is 55.4 Å². The highest BCUT2D eigenvalue weighted by molar-refractivity contribution is 5.76. The molecular formula is C23H26FN3O2. The quantitative estimate of drug-likeness (QED) is 0.540. The second-order valence-electron chi connectivity index (χ2n) is 7.33. The highest BCUT2D eigenvalue weighted by Crippen LogP contribution is 2.21. The third-order valence-electron chi connectivity index (χ3n) is 4.85. The van der Waals surface area contributed by atoms with E-state index in [0.717, 1.165) is 11.1 Å². The Hall–Kier alpha value is -3.02. The van der Waals surface area contributed by atoms with Crippen molar-refractivity contribution in [3.8, 4) is 11.4 Å². The van der Waals surface area contributed by atoms with E-state index in [9.17, 15) is 9.18 Å². The lowest BCUT2D eigenvalue weighted by Crippen LogP contribution is -2.30. The minimum absolute atomic E-state index is 0.0298. The molecule has 0 aliphatic heterocycles. The number of rotatable bonds is 8. The van der Waals surface area contributed by atoms with Crippen LogP contribution >= 0.6 is 0 Å². The van der Waals surface area contributed by atoms with E-state index in [-0.39, 0.29) is 18.1 Å². The first kappa shape index (κ1) is 20.7. The second kappa shape index (κ2) is 9.45. The monoisotopic (exact) mass is 395 g/mol. The number of amides is 1. The summed E-state index contributed by atoms with van der Waals surface area (Å²) < 4.78 is 18.7. The predicted octanol–water partition coefficient (Wildman–Crippen LogP) is 4.98. The number of hydrogen-bond donors (Lipinski definition) is 0. The lowest BCUT2D eigenvalue weighted by molar-refractivity contribution is -0.131. The molecule has 0 unspecified atom stereocenters. The van der Waals surface area contributed by atoms with E-state index in [0.29, 0.717) is 37.1 Å². The number of benzene rings is 2. The van der Waals surface area contributed by atoms with Gasteiger partial charge in [0.15, 0.2) is 0 Å². The van der Waals surface area contributed by atoms with Crippen LogP contribution in [0.1, 0.15) is 50.1 Å². The zero-order valence-electron chi connectivity index (χ0n) is 17.1. The first-order valence-electron chi connectivity index (χ1n) is 9.91. The van der Waals surface area contributed by atoms with E-state index in [2.05, 4.69) is 36.1 Å². The largest absolute Gasteiger partial charge is 0.339 e. The molecule has 5 nitrogen and oxygen atoms in total. The summed E-state index contributed by atoms with van der Waals surface area (Å²) in [6, 6.07) is 14.4. The van der Waals surface area contributed by atoms with Crippen molar-refractivity contribution in [1.82, 2.24) is 15.0 Å². The van der Waals surface area contributed by atoms with E-state index in [4.69, 9.17) is 4.52 Å². The summed E-state index contributed by atoms with van der Waals surface area (Å²) in [6.07, 6.45) is 0.632. The molecule has 0 bridgehead atoms. The maximum Gasteiger partial charge on any atom is 0.227 e. The van der Waals surface area contributed by atoms with Crippen LogP contribution in [-0.2, 0) is 17.8 Å². The summed E-state index contributed by atoms with van der Waals surface area (Å²) in [5, 5.41) is 4.03. The van der Waals surface area contributed by atoms with Gasteiger partial charge in [-0.25, -0.2) is 4.39 Å². The first-order chi connectivity index (χ1) is 14.0. The van der Waals surface area contributed by atoms with Gasteiger partial charge < -0.3 is 9.42 Å². The molecule has 0 fully saturated rings. The fourth-order valence-electron chi connectivity index (χ4n) is 3.09. The molecule has 2 aromatic carbocycles. The number of aromatic nitrogens is 2. The van der Waals surface area contributed by atoms with Gasteiger partial charge in [-0.3, -0.25) is 4.79 Å². The van der Waals surface area contributed by atoms with E-state index >= 15 is 0 Å². The number of nitrogens with zero attached hydrogens (tertiary/aromatic N) is 3. The number of aryl methyl sites for hydroxylation is 1. The molecule has 3 rings (SSSR count). The van der Waals surface area contributed by atoms with Crippen LogP contribution in [0.3, 0.4) is 0 Å². The zero-order valence-corrected chi connectivity index (χ0v) is 17.1. The third kappa shape index (κ3) is 5.50. The summed E-state index contributed by atoms with van der Waals surface area (Å²) in [5.41, 5.74) is 2.91. The molecule has 0 spiro atoms. The highest BCUT2D eigenvalue weighted by Gasteiger charge is 2.15. The molecule has 0 aliphatic carbocycles. The Balaban J connectivity index is 1.58.